The Morgan fingerprint density at radius 2 is 2.25 bits per heavy atom. The molecule has 2 atom stereocenters. The maximum Gasteiger partial charge on any atom is 0.306 e. The van der Waals surface area contributed by atoms with Crippen LogP contribution in [0.4, 0.5) is 0 Å². The van der Waals surface area contributed by atoms with E-state index in [9.17, 15) is 4.79 Å². The number of hydrogen-bond acceptors (Lipinski definition) is 4. The van der Waals surface area contributed by atoms with Gasteiger partial charge in [-0.25, -0.2) is 0 Å². The van der Waals surface area contributed by atoms with Gasteiger partial charge in [0.2, 0.25) is 0 Å². The smallest absolute Gasteiger partial charge is 0.306 e. The van der Waals surface area contributed by atoms with E-state index in [0.717, 1.165) is 32.1 Å². The molecule has 0 bridgehead atoms. The Labute approximate surface area is 96.9 Å². The molecule has 0 spiro atoms. The van der Waals surface area contributed by atoms with Crippen LogP contribution in [-0.2, 0) is 14.3 Å². The normalized spacial score (nSPS) is 25.5. The van der Waals surface area contributed by atoms with Crippen LogP contribution in [-0.4, -0.2) is 36.5 Å². The molecule has 1 aliphatic rings. The van der Waals surface area contributed by atoms with Gasteiger partial charge in [-0.3, -0.25) is 4.79 Å². The lowest BCUT2D eigenvalue weighted by Gasteiger charge is -2.30. The minimum Gasteiger partial charge on any atom is -0.460 e. The molecule has 1 N–H and O–H groups in total. The number of unbranched alkanes of at least 4 members (excludes halogenated alkanes) is 2. The van der Waals surface area contributed by atoms with Crippen molar-refractivity contribution in [1.29, 1.82) is 0 Å². The van der Waals surface area contributed by atoms with Gasteiger partial charge in [0.05, 0.1) is 6.10 Å². The molecule has 0 radical (unpaired) electrons. The molecule has 4 nitrogen and oxygen atoms in total. The number of cyclic esters (lactones) is 1. The summed E-state index contributed by atoms with van der Waals surface area (Å²) in [6.45, 7) is 2.95. The summed E-state index contributed by atoms with van der Waals surface area (Å²) in [7, 11) is 0. The van der Waals surface area contributed by atoms with Crippen LogP contribution in [0.2, 0.25) is 0 Å². The van der Waals surface area contributed by atoms with Crippen LogP contribution in [0.25, 0.3) is 0 Å². The molecule has 1 saturated heterocycles. The maximum absolute atomic E-state index is 11.1. The molecule has 2 unspecified atom stereocenters. The molecule has 1 aliphatic heterocycles. The Morgan fingerprint density at radius 1 is 1.44 bits per heavy atom. The monoisotopic (exact) mass is 230 g/mol. The number of aliphatic hydroxyl groups is 1. The van der Waals surface area contributed by atoms with Gasteiger partial charge >= 0.3 is 5.97 Å². The van der Waals surface area contributed by atoms with Gasteiger partial charge in [-0.15, -0.1) is 0 Å². The van der Waals surface area contributed by atoms with E-state index in [-0.39, 0.29) is 24.8 Å². The van der Waals surface area contributed by atoms with Crippen LogP contribution in [0.15, 0.2) is 0 Å². The zero-order valence-corrected chi connectivity index (χ0v) is 9.98. The first-order chi connectivity index (χ1) is 7.77. The van der Waals surface area contributed by atoms with E-state index in [0.29, 0.717) is 13.0 Å². The van der Waals surface area contributed by atoms with Gasteiger partial charge in [0.1, 0.15) is 6.10 Å². The van der Waals surface area contributed by atoms with Gasteiger partial charge in [-0.1, -0.05) is 6.92 Å². The number of carbonyl (C=O) groups is 1. The standard InChI is InChI=1S/C12H22O4/c1-2-10-11(6-7-12(14)16-10)15-9-5-3-4-8-13/h10-11,13H,2-9H2,1H3. The van der Waals surface area contributed by atoms with Crippen molar-refractivity contribution in [2.75, 3.05) is 13.2 Å². The van der Waals surface area contributed by atoms with E-state index in [4.69, 9.17) is 14.6 Å². The second-order valence-corrected chi connectivity index (χ2v) is 4.17. The minimum atomic E-state index is -0.105. The summed E-state index contributed by atoms with van der Waals surface area (Å²) in [6.07, 6.45) is 4.83. The summed E-state index contributed by atoms with van der Waals surface area (Å²) in [6, 6.07) is 0. The first kappa shape index (κ1) is 13.5. The molecule has 0 aliphatic carbocycles. The molecule has 0 aromatic heterocycles. The summed E-state index contributed by atoms with van der Waals surface area (Å²) < 4.78 is 10.9. The Balaban J connectivity index is 2.16. The van der Waals surface area contributed by atoms with Crippen molar-refractivity contribution in [1.82, 2.24) is 0 Å². The highest BCUT2D eigenvalue weighted by molar-refractivity contribution is 5.70. The fraction of sp³-hybridized carbons (Fsp3) is 0.917. The van der Waals surface area contributed by atoms with Gasteiger partial charge in [0, 0.05) is 19.6 Å². The highest BCUT2D eigenvalue weighted by Gasteiger charge is 2.29. The highest BCUT2D eigenvalue weighted by Crippen LogP contribution is 2.20. The van der Waals surface area contributed by atoms with Crippen LogP contribution >= 0.6 is 0 Å². The maximum atomic E-state index is 11.1. The summed E-state index contributed by atoms with van der Waals surface area (Å²) in [5, 5.41) is 8.63. The van der Waals surface area contributed by atoms with Crippen molar-refractivity contribution in [3.8, 4) is 0 Å². The third kappa shape index (κ3) is 4.49. The molecule has 0 saturated carbocycles. The number of ether oxygens (including phenoxy) is 2. The lowest BCUT2D eigenvalue weighted by Crippen LogP contribution is -2.38. The Morgan fingerprint density at radius 3 is 2.94 bits per heavy atom. The largest absolute Gasteiger partial charge is 0.460 e. The van der Waals surface area contributed by atoms with Crippen molar-refractivity contribution in [3.63, 3.8) is 0 Å². The molecular formula is C12H22O4. The number of carbonyl (C=O) groups excluding carboxylic acids is 1. The zero-order valence-electron chi connectivity index (χ0n) is 9.98. The molecular weight excluding hydrogens is 208 g/mol. The predicted molar refractivity (Wildman–Crippen MR) is 60.1 cm³/mol. The van der Waals surface area contributed by atoms with Crippen LogP contribution in [0.1, 0.15) is 45.4 Å². The van der Waals surface area contributed by atoms with E-state index in [1.807, 2.05) is 6.92 Å². The fourth-order valence-corrected chi connectivity index (χ4v) is 1.91. The van der Waals surface area contributed by atoms with Gasteiger partial charge in [0.15, 0.2) is 0 Å². The topological polar surface area (TPSA) is 55.8 Å². The minimum absolute atomic E-state index is 0.0665. The average Bonchev–Trinajstić information content (AvgIpc) is 2.30. The van der Waals surface area contributed by atoms with E-state index < -0.39 is 0 Å². The van der Waals surface area contributed by atoms with Crippen molar-refractivity contribution in [3.05, 3.63) is 0 Å². The molecule has 1 rings (SSSR count). The molecule has 0 aromatic rings. The number of hydrogen-bond donors (Lipinski definition) is 1. The van der Waals surface area contributed by atoms with E-state index in [2.05, 4.69) is 0 Å². The van der Waals surface area contributed by atoms with E-state index in [1.54, 1.807) is 0 Å². The molecule has 0 amide bonds. The number of rotatable bonds is 7. The van der Waals surface area contributed by atoms with Crippen molar-refractivity contribution in [2.24, 2.45) is 0 Å². The summed E-state index contributed by atoms with van der Waals surface area (Å²) in [4.78, 5) is 11.1. The third-order valence-corrected chi connectivity index (χ3v) is 2.87. The van der Waals surface area contributed by atoms with Crippen molar-refractivity contribution in [2.45, 2.75) is 57.7 Å². The molecule has 16 heavy (non-hydrogen) atoms. The van der Waals surface area contributed by atoms with Crippen LogP contribution in [0.3, 0.4) is 0 Å². The van der Waals surface area contributed by atoms with Gasteiger partial charge in [-0.2, -0.15) is 0 Å². The van der Waals surface area contributed by atoms with Gasteiger partial charge in [-0.05, 0) is 32.1 Å². The van der Waals surface area contributed by atoms with Crippen molar-refractivity contribution < 1.29 is 19.4 Å². The fourth-order valence-electron chi connectivity index (χ4n) is 1.91. The molecule has 1 heterocycles. The third-order valence-electron chi connectivity index (χ3n) is 2.87. The van der Waals surface area contributed by atoms with E-state index in [1.165, 1.54) is 0 Å². The lowest BCUT2D eigenvalue weighted by molar-refractivity contribution is -0.168. The SMILES string of the molecule is CCC1OC(=O)CCC1OCCCCCO. The molecule has 4 heteroatoms. The summed E-state index contributed by atoms with van der Waals surface area (Å²) >= 11 is 0. The van der Waals surface area contributed by atoms with Crippen LogP contribution in [0.5, 0.6) is 0 Å². The highest BCUT2D eigenvalue weighted by atomic mass is 16.6. The van der Waals surface area contributed by atoms with Gasteiger partial charge < -0.3 is 14.6 Å². The van der Waals surface area contributed by atoms with Crippen LogP contribution < -0.4 is 0 Å². The molecule has 94 valence electrons. The average molecular weight is 230 g/mol. The number of aliphatic hydroxyl groups excluding tert-OH is 1. The first-order valence-corrected chi connectivity index (χ1v) is 6.20. The second-order valence-electron chi connectivity index (χ2n) is 4.17. The number of esters is 1. The van der Waals surface area contributed by atoms with E-state index >= 15 is 0 Å². The summed E-state index contributed by atoms with van der Waals surface area (Å²) in [5.41, 5.74) is 0. The van der Waals surface area contributed by atoms with Crippen LogP contribution in [0, 0.1) is 0 Å². The first-order valence-electron chi connectivity index (χ1n) is 6.20. The summed E-state index contributed by atoms with van der Waals surface area (Å²) in [5.74, 6) is -0.105. The Kier molecular flexibility index (Phi) is 6.42. The van der Waals surface area contributed by atoms with Gasteiger partial charge in [0.25, 0.3) is 0 Å². The Hall–Kier alpha value is -0.610. The molecule has 1 fully saturated rings. The Bertz CT molecular complexity index is 205. The lowest BCUT2D eigenvalue weighted by atomic mass is 10.0. The van der Waals surface area contributed by atoms with Crippen molar-refractivity contribution >= 4 is 5.97 Å². The predicted octanol–water partition coefficient (Wildman–Crippen LogP) is 1.65. The second kappa shape index (κ2) is 7.63. The quantitative estimate of drug-likeness (QED) is 0.533. The molecule has 0 aromatic carbocycles. The zero-order chi connectivity index (χ0) is 11.8.